The molecule has 1 fully saturated rings. The van der Waals surface area contributed by atoms with Crippen molar-refractivity contribution in [1.29, 1.82) is 0 Å². The summed E-state index contributed by atoms with van der Waals surface area (Å²) in [5.74, 6) is -3.62. The van der Waals surface area contributed by atoms with Crippen molar-refractivity contribution in [2.45, 2.75) is 26.2 Å². The molecule has 1 saturated carbocycles. The molecule has 0 amide bonds. The number of hydrogen-bond donors (Lipinski definition) is 1. The summed E-state index contributed by atoms with van der Waals surface area (Å²) < 4.78 is 23.1. The Balaban J connectivity index is 0.000000194. The summed E-state index contributed by atoms with van der Waals surface area (Å²) in [6.07, 6.45) is 0.0660. The summed E-state index contributed by atoms with van der Waals surface area (Å²) >= 11 is 3.32. The highest BCUT2D eigenvalue weighted by Gasteiger charge is 2.56. The lowest BCUT2D eigenvalue weighted by Gasteiger charge is -1.91. The van der Waals surface area contributed by atoms with Gasteiger partial charge in [-0.2, -0.15) is 0 Å². The maximum Gasteiger partial charge on any atom is 0.258 e. The molecule has 114 valence electrons. The first kappa shape index (κ1) is 16.0. The van der Waals surface area contributed by atoms with E-state index in [1.165, 1.54) is 4.88 Å². The number of carbonyl (C=O) groups is 1. The van der Waals surface area contributed by atoms with Crippen molar-refractivity contribution in [2.24, 2.45) is 5.92 Å². The first-order valence-electron chi connectivity index (χ1n) is 6.28. The minimum absolute atomic E-state index is 0.240. The van der Waals surface area contributed by atoms with Crippen molar-refractivity contribution >= 4 is 34.1 Å². The molecule has 2 aromatic heterocycles. The van der Waals surface area contributed by atoms with Crippen molar-refractivity contribution in [2.75, 3.05) is 12.4 Å². The van der Waals surface area contributed by atoms with Gasteiger partial charge in [0.15, 0.2) is 5.13 Å². The summed E-state index contributed by atoms with van der Waals surface area (Å²) in [4.78, 5) is 19.5. The molecule has 8 heteroatoms. The predicted octanol–water partition coefficient (Wildman–Crippen LogP) is 3.77. The second kappa shape index (κ2) is 6.15. The maximum atomic E-state index is 11.6. The Hall–Kier alpha value is -1.41. The molecule has 1 atom stereocenters. The van der Waals surface area contributed by atoms with Crippen molar-refractivity contribution in [3.05, 3.63) is 16.1 Å². The number of carbonyl (C=O) groups excluding carboxylic acids is 1. The van der Waals surface area contributed by atoms with E-state index in [0.29, 0.717) is 6.29 Å². The standard InChI is InChI=1S/C9H11N3S2.C4H4F2O/c1-5-8(14-6(2)11-5)7-4-13-9(10-3)12-7;5-4(6)1-3(4)2-7/h4H,1-3H3,(H,10,12);2-3H,1H2. The first-order chi connectivity index (χ1) is 9.87. The fourth-order valence-electron chi connectivity index (χ4n) is 1.64. The van der Waals surface area contributed by atoms with Gasteiger partial charge in [0.05, 0.1) is 27.2 Å². The van der Waals surface area contributed by atoms with Crippen molar-refractivity contribution in [3.8, 4) is 10.6 Å². The van der Waals surface area contributed by atoms with Crippen LogP contribution in [0.1, 0.15) is 17.1 Å². The fraction of sp³-hybridized carbons (Fsp3) is 0.462. The number of alkyl halides is 2. The van der Waals surface area contributed by atoms with Crippen LogP contribution in [0.3, 0.4) is 0 Å². The Kier molecular flexibility index (Phi) is 4.67. The van der Waals surface area contributed by atoms with Crippen molar-refractivity contribution < 1.29 is 13.6 Å². The zero-order valence-corrected chi connectivity index (χ0v) is 13.4. The summed E-state index contributed by atoms with van der Waals surface area (Å²) in [6, 6.07) is 0. The molecular formula is C13H15F2N3OS2. The molecule has 0 saturated heterocycles. The van der Waals surface area contributed by atoms with E-state index in [-0.39, 0.29) is 6.42 Å². The van der Waals surface area contributed by atoms with E-state index in [0.717, 1.165) is 21.5 Å². The maximum absolute atomic E-state index is 11.6. The third-order valence-corrected chi connectivity index (χ3v) is 4.85. The van der Waals surface area contributed by atoms with Crippen molar-refractivity contribution in [3.63, 3.8) is 0 Å². The Morgan fingerprint density at radius 2 is 2.10 bits per heavy atom. The monoisotopic (exact) mass is 331 g/mol. The first-order valence-corrected chi connectivity index (χ1v) is 7.97. The molecule has 1 unspecified atom stereocenters. The molecule has 1 aliphatic carbocycles. The Morgan fingerprint density at radius 3 is 2.43 bits per heavy atom. The van der Waals surface area contributed by atoms with Gasteiger partial charge >= 0.3 is 0 Å². The average Bonchev–Trinajstić information content (AvgIpc) is 2.81. The van der Waals surface area contributed by atoms with Gasteiger partial charge in [-0.3, -0.25) is 0 Å². The van der Waals surface area contributed by atoms with Crippen LogP contribution in [0.5, 0.6) is 0 Å². The normalized spacial score (nSPS) is 18.6. The molecule has 0 aliphatic heterocycles. The van der Waals surface area contributed by atoms with Gasteiger partial charge in [0.2, 0.25) is 0 Å². The minimum atomic E-state index is -2.65. The number of nitrogens with zero attached hydrogens (tertiary/aromatic N) is 2. The SMILES string of the molecule is CNc1nc(-c2sc(C)nc2C)cs1.O=CC1CC1(F)F. The number of hydrogen-bond acceptors (Lipinski definition) is 6. The molecule has 0 radical (unpaired) electrons. The number of nitrogens with one attached hydrogen (secondary N) is 1. The summed E-state index contributed by atoms with van der Waals surface area (Å²) in [5.41, 5.74) is 2.10. The number of aryl methyl sites for hydroxylation is 2. The second-order valence-corrected chi connectivity index (χ2v) is 6.70. The lowest BCUT2D eigenvalue weighted by atomic mass is 10.3. The largest absolute Gasteiger partial charge is 0.365 e. The van der Waals surface area contributed by atoms with Crippen LogP contribution in [0, 0.1) is 19.8 Å². The van der Waals surface area contributed by atoms with Gasteiger partial charge in [0.25, 0.3) is 5.92 Å². The van der Waals surface area contributed by atoms with Gasteiger partial charge in [-0.1, -0.05) is 0 Å². The van der Waals surface area contributed by atoms with Crippen LogP contribution in [0.15, 0.2) is 5.38 Å². The Labute approximate surface area is 129 Å². The second-order valence-electron chi connectivity index (χ2n) is 4.64. The van der Waals surface area contributed by atoms with E-state index in [2.05, 4.69) is 20.7 Å². The topological polar surface area (TPSA) is 54.9 Å². The van der Waals surface area contributed by atoms with Crippen LogP contribution < -0.4 is 5.32 Å². The quantitative estimate of drug-likeness (QED) is 0.870. The third kappa shape index (κ3) is 3.82. The minimum Gasteiger partial charge on any atom is -0.365 e. The smallest absolute Gasteiger partial charge is 0.258 e. The molecule has 4 nitrogen and oxygen atoms in total. The average molecular weight is 331 g/mol. The Bertz CT molecular complexity index is 639. The zero-order chi connectivity index (χ0) is 15.6. The summed E-state index contributed by atoms with van der Waals surface area (Å²) in [7, 11) is 1.88. The number of anilines is 1. The molecule has 0 aromatic carbocycles. The molecule has 2 heterocycles. The van der Waals surface area contributed by atoms with E-state index in [9.17, 15) is 13.6 Å². The van der Waals surface area contributed by atoms with E-state index < -0.39 is 11.8 Å². The number of aromatic nitrogens is 2. The number of rotatable bonds is 3. The van der Waals surface area contributed by atoms with Crippen molar-refractivity contribution in [1.82, 2.24) is 9.97 Å². The van der Waals surface area contributed by atoms with Gasteiger partial charge in [-0.05, 0) is 13.8 Å². The zero-order valence-electron chi connectivity index (χ0n) is 11.8. The molecular weight excluding hydrogens is 316 g/mol. The van der Waals surface area contributed by atoms with Gasteiger partial charge in [0, 0.05) is 18.8 Å². The molecule has 0 bridgehead atoms. The van der Waals surface area contributed by atoms with Gasteiger partial charge in [-0.15, -0.1) is 22.7 Å². The molecule has 21 heavy (non-hydrogen) atoms. The van der Waals surface area contributed by atoms with E-state index in [4.69, 9.17) is 0 Å². The van der Waals surface area contributed by atoms with Crippen LogP contribution in [0.2, 0.25) is 0 Å². The summed E-state index contributed by atoms with van der Waals surface area (Å²) in [6.45, 7) is 4.05. The molecule has 1 aliphatic rings. The third-order valence-electron chi connectivity index (χ3n) is 2.89. The number of aldehydes is 1. The number of halogens is 2. The van der Waals surface area contributed by atoms with E-state index in [1.807, 2.05) is 20.9 Å². The lowest BCUT2D eigenvalue weighted by Crippen LogP contribution is -1.92. The predicted molar refractivity (Wildman–Crippen MR) is 81.4 cm³/mol. The molecule has 3 rings (SSSR count). The fourth-order valence-corrected chi connectivity index (χ4v) is 3.26. The summed E-state index contributed by atoms with van der Waals surface area (Å²) in [5, 5.41) is 7.14. The van der Waals surface area contributed by atoms with E-state index in [1.54, 1.807) is 22.7 Å². The Morgan fingerprint density at radius 1 is 1.43 bits per heavy atom. The van der Waals surface area contributed by atoms with Crippen LogP contribution in [0.25, 0.3) is 10.6 Å². The van der Waals surface area contributed by atoms with Gasteiger partial charge in [-0.25, -0.2) is 18.7 Å². The number of thiazole rings is 2. The van der Waals surface area contributed by atoms with Crippen LogP contribution >= 0.6 is 22.7 Å². The van der Waals surface area contributed by atoms with Crippen LogP contribution in [-0.4, -0.2) is 29.2 Å². The van der Waals surface area contributed by atoms with Crippen LogP contribution in [-0.2, 0) is 4.79 Å². The van der Waals surface area contributed by atoms with Gasteiger partial charge in [0.1, 0.15) is 6.29 Å². The highest BCUT2D eigenvalue weighted by atomic mass is 32.1. The molecule has 2 aromatic rings. The van der Waals surface area contributed by atoms with E-state index >= 15 is 0 Å². The van der Waals surface area contributed by atoms with Crippen LogP contribution in [0.4, 0.5) is 13.9 Å². The van der Waals surface area contributed by atoms with Gasteiger partial charge < -0.3 is 10.1 Å². The highest BCUT2D eigenvalue weighted by molar-refractivity contribution is 7.16. The highest BCUT2D eigenvalue weighted by Crippen LogP contribution is 2.46. The lowest BCUT2D eigenvalue weighted by molar-refractivity contribution is -0.110. The molecule has 1 N–H and O–H groups in total. The molecule has 0 spiro atoms.